The summed E-state index contributed by atoms with van der Waals surface area (Å²) in [4.78, 5) is 24.6. The Morgan fingerprint density at radius 3 is 2.73 bits per heavy atom. The molecule has 0 aliphatic carbocycles. The van der Waals surface area contributed by atoms with Crippen LogP contribution in [0.15, 0.2) is 0 Å². The zero-order valence-corrected chi connectivity index (χ0v) is 9.49. The third-order valence-corrected chi connectivity index (χ3v) is 2.64. The molecule has 1 aliphatic rings. The first-order valence-corrected chi connectivity index (χ1v) is 5.62. The molecule has 0 aromatic carbocycles. The Balaban J connectivity index is 2.44. The monoisotopic (exact) mass is 213 g/mol. The first kappa shape index (κ1) is 12.2. The molecule has 1 atom stereocenters. The number of carbonyl (C=O) groups is 2. The molecule has 86 valence electrons. The fourth-order valence-electron chi connectivity index (χ4n) is 1.86. The molecule has 0 radical (unpaired) electrons. The van der Waals surface area contributed by atoms with Crippen LogP contribution in [0.25, 0.3) is 0 Å². The van der Waals surface area contributed by atoms with Gasteiger partial charge in [0.1, 0.15) is 0 Å². The number of rotatable bonds is 6. The van der Waals surface area contributed by atoms with E-state index >= 15 is 0 Å². The molecule has 1 fully saturated rings. The molecule has 4 nitrogen and oxygen atoms in total. The van der Waals surface area contributed by atoms with Crippen LogP contribution >= 0.6 is 0 Å². The Morgan fingerprint density at radius 1 is 1.40 bits per heavy atom. The fourth-order valence-corrected chi connectivity index (χ4v) is 1.86. The molecule has 1 heterocycles. The second kappa shape index (κ2) is 5.85. The highest BCUT2D eigenvalue weighted by Gasteiger charge is 2.37. The van der Waals surface area contributed by atoms with Gasteiger partial charge in [-0.3, -0.25) is 14.5 Å². The molecule has 2 amide bonds. The summed E-state index contributed by atoms with van der Waals surface area (Å²) in [5.74, 6) is -0.135. The van der Waals surface area contributed by atoms with Crippen molar-refractivity contribution < 1.29 is 14.3 Å². The van der Waals surface area contributed by atoms with Gasteiger partial charge >= 0.3 is 0 Å². The van der Waals surface area contributed by atoms with Crippen LogP contribution in [-0.2, 0) is 14.3 Å². The second-order valence-corrected chi connectivity index (χ2v) is 3.77. The predicted molar refractivity (Wildman–Crippen MR) is 56.2 cm³/mol. The minimum absolute atomic E-state index is 0.0125. The summed E-state index contributed by atoms with van der Waals surface area (Å²) in [6, 6.07) is 0. The van der Waals surface area contributed by atoms with Crippen LogP contribution in [0.4, 0.5) is 0 Å². The van der Waals surface area contributed by atoms with Gasteiger partial charge in [-0.2, -0.15) is 0 Å². The van der Waals surface area contributed by atoms with Crippen molar-refractivity contribution in [1.29, 1.82) is 0 Å². The van der Waals surface area contributed by atoms with Crippen LogP contribution in [-0.4, -0.2) is 36.5 Å². The SMILES string of the molecule is CCCC1CC(=O)N(CCOCC)C1=O. The van der Waals surface area contributed by atoms with E-state index in [0.717, 1.165) is 12.8 Å². The lowest BCUT2D eigenvalue weighted by atomic mass is 10.0. The molecular formula is C11H19NO3. The molecule has 0 spiro atoms. The highest BCUT2D eigenvalue weighted by molar-refractivity contribution is 6.03. The van der Waals surface area contributed by atoms with Crippen molar-refractivity contribution in [3.63, 3.8) is 0 Å². The number of hydrogen-bond donors (Lipinski definition) is 0. The summed E-state index contributed by atoms with van der Waals surface area (Å²) in [6.07, 6.45) is 2.15. The molecule has 1 unspecified atom stereocenters. The lowest BCUT2D eigenvalue weighted by Crippen LogP contribution is -2.33. The number of hydrogen-bond acceptors (Lipinski definition) is 3. The quantitative estimate of drug-likeness (QED) is 0.492. The molecule has 4 heteroatoms. The lowest BCUT2D eigenvalue weighted by Gasteiger charge is -2.14. The average Bonchev–Trinajstić information content (AvgIpc) is 2.46. The second-order valence-electron chi connectivity index (χ2n) is 3.77. The number of likely N-dealkylation sites (tertiary alicyclic amines) is 1. The summed E-state index contributed by atoms with van der Waals surface area (Å²) in [5.41, 5.74) is 0. The Bertz CT molecular complexity index is 240. The first-order valence-electron chi connectivity index (χ1n) is 5.62. The number of ether oxygens (including phenoxy) is 1. The Kier molecular flexibility index (Phi) is 4.75. The van der Waals surface area contributed by atoms with Gasteiger partial charge in [-0.15, -0.1) is 0 Å². The summed E-state index contributed by atoms with van der Waals surface area (Å²) in [7, 11) is 0. The van der Waals surface area contributed by atoms with Gasteiger partial charge in [-0.25, -0.2) is 0 Å². The Labute approximate surface area is 90.6 Å². The molecule has 1 rings (SSSR count). The molecule has 0 bridgehead atoms. The van der Waals surface area contributed by atoms with E-state index in [2.05, 4.69) is 0 Å². The van der Waals surface area contributed by atoms with E-state index in [1.165, 1.54) is 4.90 Å². The van der Waals surface area contributed by atoms with Crippen molar-refractivity contribution in [2.75, 3.05) is 19.8 Å². The van der Waals surface area contributed by atoms with E-state index in [9.17, 15) is 9.59 Å². The van der Waals surface area contributed by atoms with Gasteiger partial charge in [0.15, 0.2) is 0 Å². The summed E-state index contributed by atoms with van der Waals surface area (Å²) >= 11 is 0. The molecule has 15 heavy (non-hydrogen) atoms. The van der Waals surface area contributed by atoms with Crippen molar-refractivity contribution >= 4 is 11.8 Å². The molecule has 1 saturated heterocycles. The van der Waals surface area contributed by atoms with Gasteiger partial charge in [-0.05, 0) is 13.3 Å². The first-order chi connectivity index (χ1) is 7.20. The highest BCUT2D eigenvalue weighted by Crippen LogP contribution is 2.23. The topological polar surface area (TPSA) is 46.6 Å². The van der Waals surface area contributed by atoms with Gasteiger partial charge in [0.25, 0.3) is 0 Å². The van der Waals surface area contributed by atoms with Crippen LogP contribution in [0.5, 0.6) is 0 Å². The molecule has 0 aromatic heterocycles. The average molecular weight is 213 g/mol. The molecule has 1 aliphatic heterocycles. The lowest BCUT2D eigenvalue weighted by molar-refractivity contribution is -0.140. The molecule has 0 saturated carbocycles. The van der Waals surface area contributed by atoms with Crippen molar-refractivity contribution in [2.24, 2.45) is 5.92 Å². The highest BCUT2D eigenvalue weighted by atomic mass is 16.5. The standard InChI is InChI=1S/C11H19NO3/c1-3-5-9-8-10(13)12(11(9)14)6-7-15-4-2/h9H,3-8H2,1-2H3. The maximum Gasteiger partial charge on any atom is 0.232 e. The van der Waals surface area contributed by atoms with Crippen molar-refractivity contribution in [3.8, 4) is 0 Å². The summed E-state index contributed by atoms with van der Waals surface area (Å²) < 4.78 is 5.14. The zero-order valence-electron chi connectivity index (χ0n) is 9.49. The maximum absolute atomic E-state index is 11.7. The van der Waals surface area contributed by atoms with Crippen LogP contribution < -0.4 is 0 Å². The van der Waals surface area contributed by atoms with E-state index in [1.54, 1.807) is 0 Å². The number of imide groups is 1. The Morgan fingerprint density at radius 2 is 2.13 bits per heavy atom. The normalized spacial score (nSPS) is 21.5. The minimum Gasteiger partial charge on any atom is -0.380 e. The third kappa shape index (κ3) is 3.02. The van der Waals surface area contributed by atoms with Gasteiger partial charge in [0.2, 0.25) is 11.8 Å². The Hall–Kier alpha value is -0.900. The molecular weight excluding hydrogens is 194 g/mol. The van der Waals surface area contributed by atoms with Crippen LogP contribution in [0.1, 0.15) is 33.1 Å². The zero-order chi connectivity index (χ0) is 11.3. The molecule has 0 aromatic rings. The van der Waals surface area contributed by atoms with Crippen LogP contribution in [0.3, 0.4) is 0 Å². The smallest absolute Gasteiger partial charge is 0.232 e. The number of amides is 2. The largest absolute Gasteiger partial charge is 0.380 e. The van der Waals surface area contributed by atoms with E-state index in [-0.39, 0.29) is 17.7 Å². The summed E-state index contributed by atoms with van der Waals surface area (Å²) in [5, 5.41) is 0. The summed E-state index contributed by atoms with van der Waals surface area (Å²) in [6.45, 7) is 5.40. The van der Waals surface area contributed by atoms with Gasteiger partial charge < -0.3 is 4.74 Å². The van der Waals surface area contributed by atoms with Gasteiger partial charge in [-0.1, -0.05) is 13.3 Å². The van der Waals surface area contributed by atoms with Crippen molar-refractivity contribution in [2.45, 2.75) is 33.1 Å². The fraction of sp³-hybridized carbons (Fsp3) is 0.818. The van der Waals surface area contributed by atoms with Gasteiger partial charge in [0, 0.05) is 18.9 Å². The minimum atomic E-state index is -0.0795. The van der Waals surface area contributed by atoms with E-state index in [4.69, 9.17) is 4.74 Å². The predicted octanol–water partition coefficient (Wildman–Crippen LogP) is 1.20. The van der Waals surface area contributed by atoms with Crippen molar-refractivity contribution in [1.82, 2.24) is 4.90 Å². The van der Waals surface area contributed by atoms with E-state index < -0.39 is 0 Å². The van der Waals surface area contributed by atoms with Crippen LogP contribution in [0, 0.1) is 5.92 Å². The van der Waals surface area contributed by atoms with Gasteiger partial charge in [0.05, 0.1) is 13.2 Å². The van der Waals surface area contributed by atoms with E-state index in [0.29, 0.717) is 26.2 Å². The number of nitrogens with zero attached hydrogens (tertiary/aromatic N) is 1. The van der Waals surface area contributed by atoms with E-state index in [1.807, 2.05) is 13.8 Å². The maximum atomic E-state index is 11.7. The van der Waals surface area contributed by atoms with Crippen molar-refractivity contribution in [3.05, 3.63) is 0 Å². The van der Waals surface area contributed by atoms with Crippen LogP contribution in [0.2, 0.25) is 0 Å². The third-order valence-electron chi connectivity index (χ3n) is 2.64. The molecule has 0 N–H and O–H groups in total. The number of carbonyl (C=O) groups excluding carboxylic acids is 2.